The molecule has 10 heteroatoms. The van der Waals surface area contributed by atoms with Gasteiger partial charge < -0.3 is 15.8 Å². The molecule has 0 aliphatic carbocycles. The highest BCUT2D eigenvalue weighted by atomic mass is 19.4. The van der Waals surface area contributed by atoms with Gasteiger partial charge in [0, 0.05) is 24.0 Å². The quantitative estimate of drug-likeness (QED) is 0.850. The number of aromatic nitrogens is 3. The Balaban J connectivity index is 1.99. The van der Waals surface area contributed by atoms with E-state index < -0.39 is 18.7 Å². The van der Waals surface area contributed by atoms with E-state index in [1.807, 2.05) is 0 Å². The predicted octanol–water partition coefficient (Wildman–Crippen LogP) is 1.94. The summed E-state index contributed by atoms with van der Waals surface area (Å²) in [5.74, 6) is -0.562. The van der Waals surface area contributed by atoms with Gasteiger partial charge in [-0.15, -0.1) is 0 Å². The van der Waals surface area contributed by atoms with Crippen LogP contribution in [0.15, 0.2) is 18.3 Å². The number of amides is 1. The van der Waals surface area contributed by atoms with Crippen molar-refractivity contribution in [2.75, 3.05) is 12.3 Å². The number of nitrogen functional groups attached to an aromatic ring is 1. The second kappa shape index (κ2) is 7.32. The fourth-order valence-corrected chi connectivity index (χ4v) is 2.00. The molecule has 0 aromatic carbocycles. The summed E-state index contributed by atoms with van der Waals surface area (Å²) in [5.41, 5.74) is 7.21. The molecule has 7 nitrogen and oxygen atoms in total. The van der Waals surface area contributed by atoms with Crippen molar-refractivity contribution in [2.45, 2.75) is 26.6 Å². The van der Waals surface area contributed by atoms with Gasteiger partial charge in [-0.25, -0.2) is 15.0 Å². The van der Waals surface area contributed by atoms with E-state index >= 15 is 0 Å². The maximum atomic E-state index is 12.2. The van der Waals surface area contributed by atoms with Crippen molar-refractivity contribution in [3.8, 4) is 5.88 Å². The van der Waals surface area contributed by atoms with E-state index in [4.69, 9.17) is 5.73 Å². The number of pyridine rings is 1. The third-order valence-electron chi connectivity index (χ3n) is 3.02. The molecule has 0 aliphatic rings. The molecule has 2 rings (SSSR count). The maximum Gasteiger partial charge on any atom is 0.422 e. The molecule has 0 saturated carbocycles. The molecule has 0 fully saturated rings. The molecule has 0 bridgehead atoms. The summed E-state index contributed by atoms with van der Waals surface area (Å²) in [6, 6.07) is 3.07. The Labute approximate surface area is 141 Å². The summed E-state index contributed by atoms with van der Waals surface area (Å²) in [6.45, 7) is 1.96. The molecule has 0 unspecified atom stereocenters. The number of alkyl halides is 3. The number of halogens is 3. The average molecular weight is 355 g/mol. The predicted molar refractivity (Wildman–Crippen MR) is 82.9 cm³/mol. The first-order chi connectivity index (χ1) is 11.6. The minimum Gasteiger partial charge on any atom is -0.468 e. The number of nitrogens with two attached hydrogens (primary N) is 1. The highest BCUT2D eigenvalue weighted by Gasteiger charge is 2.29. The SMILES string of the molecule is Cc1cc(C(=O)NCc2cnc(OCC(F)(F)F)c(C)c2)nc(N)n1. The van der Waals surface area contributed by atoms with Crippen molar-refractivity contribution < 1.29 is 22.7 Å². The molecule has 3 N–H and O–H groups in total. The molecular formula is C15H16F3N5O2. The zero-order valence-corrected chi connectivity index (χ0v) is 13.5. The van der Waals surface area contributed by atoms with Crippen LogP contribution in [0.25, 0.3) is 0 Å². The summed E-state index contributed by atoms with van der Waals surface area (Å²) in [4.78, 5) is 23.6. The summed E-state index contributed by atoms with van der Waals surface area (Å²) < 4.78 is 41.1. The lowest BCUT2D eigenvalue weighted by atomic mass is 10.2. The topological polar surface area (TPSA) is 103 Å². The van der Waals surface area contributed by atoms with Crippen LogP contribution in [0.5, 0.6) is 5.88 Å². The normalized spacial score (nSPS) is 11.2. The lowest BCUT2D eigenvalue weighted by molar-refractivity contribution is -0.154. The average Bonchev–Trinajstić information content (AvgIpc) is 2.49. The zero-order chi connectivity index (χ0) is 18.6. The zero-order valence-electron chi connectivity index (χ0n) is 13.5. The van der Waals surface area contributed by atoms with Crippen molar-refractivity contribution in [2.24, 2.45) is 0 Å². The van der Waals surface area contributed by atoms with Crippen LogP contribution in [0, 0.1) is 13.8 Å². The molecule has 0 atom stereocenters. The standard InChI is InChI=1S/C15H16F3N5O2/c1-8-3-10(6-21-13(8)25-7-15(16,17)18)5-20-12(24)11-4-9(2)22-14(19)23-11/h3-4,6H,5,7H2,1-2H3,(H,20,24)(H2,19,22,23). The van der Waals surface area contributed by atoms with Gasteiger partial charge in [-0.1, -0.05) is 0 Å². The van der Waals surface area contributed by atoms with Crippen LogP contribution in [0.2, 0.25) is 0 Å². The smallest absolute Gasteiger partial charge is 0.422 e. The number of hydrogen-bond acceptors (Lipinski definition) is 6. The van der Waals surface area contributed by atoms with E-state index in [2.05, 4.69) is 25.0 Å². The minimum absolute atomic E-state index is 0.00572. The Hall–Kier alpha value is -2.91. The number of aryl methyl sites for hydroxylation is 2. The Kier molecular flexibility index (Phi) is 5.40. The van der Waals surface area contributed by atoms with Gasteiger partial charge in [0.2, 0.25) is 11.8 Å². The van der Waals surface area contributed by atoms with E-state index in [9.17, 15) is 18.0 Å². The number of nitrogens with one attached hydrogen (secondary N) is 1. The number of rotatable bonds is 5. The summed E-state index contributed by atoms with van der Waals surface area (Å²) in [6.07, 6.45) is -3.10. The lowest BCUT2D eigenvalue weighted by Crippen LogP contribution is -2.24. The molecule has 2 heterocycles. The molecule has 2 aromatic heterocycles. The third-order valence-corrected chi connectivity index (χ3v) is 3.02. The van der Waals surface area contributed by atoms with Gasteiger partial charge in [0.05, 0.1) is 0 Å². The largest absolute Gasteiger partial charge is 0.468 e. The first-order valence-electron chi connectivity index (χ1n) is 7.18. The number of carbonyl (C=O) groups excluding carboxylic acids is 1. The first kappa shape index (κ1) is 18.4. The van der Waals surface area contributed by atoms with E-state index in [1.54, 1.807) is 19.9 Å². The molecule has 0 saturated heterocycles. The van der Waals surface area contributed by atoms with E-state index in [0.29, 0.717) is 16.8 Å². The Bertz CT molecular complexity index is 760. The highest BCUT2D eigenvalue weighted by Crippen LogP contribution is 2.20. The number of carbonyl (C=O) groups is 1. The maximum absolute atomic E-state index is 12.2. The van der Waals surface area contributed by atoms with E-state index in [0.717, 1.165) is 0 Å². The van der Waals surface area contributed by atoms with Crippen LogP contribution >= 0.6 is 0 Å². The van der Waals surface area contributed by atoms with Crippen molar-refractivity contribution >= 4 is 11.9 Å². The Morgan fingerprint density at radius 3 is 2.60 bits per heavy atom. The summed E-state index contributed by atoms with van der Waals surface area (Å²) in [5, 5.41) is 2.63. The molecule has 2 aromatic rings. The second-order valence-electron chi connectivity index (χ2n) is 5.30. The van der Waals surface area contributed by atoms with Crippen molar-refractivity contribution in [3.05, 3.63) is 40.8 Å². The van der Waals surface area contributed by atoms with Crippen molar-refractivity contribution in [1.82, 2.24) is 20.3 Å². The van der Waals surface area contributed by atoms with Crippen LogP contribution in [0.1, 0.15) is 27.3 Å². The first-order valence-corrected chi connectivity index (χ1v) is 7.18. The van der Waals surface area contributed by atoms with Crippen LogP contribution in [-0.2, 0) is 6.54 Å². The fraction of sp³-hybridized carbons (Fsp3) is 0.333. The number of nitrogens with zero attached hydrogens (tertiary/aromatic N) is 3. The van der Waals surface area contributed by atoms with Gasteiger partial charge in [-0.2, -0.15) is 13.2 Å². The van der Waals surface area contributed by atoms with Gasteiger partial charge in [-0.05, 0) is 31.5 Å². The monoisotopic (exact) mass is 355 g/mol. The molecule has 1 amide bonds. The number of hydrogen-bond donors (Lipinski definition) is 2. The summed E-state index contributed by atoms with van der Waals surface area (Å²) in [7, 11) is 0. The van der Waals surface area contributed by atoms with Crippen LogP contribution < -0.4 is 15.8 Å². The molecule has 0 aliphatic heterocycles. The third kappa shape index (κ3) is 5.59. The minimum atomic E-state index is -4.43. The molecular weight excluding hydrogens is 339 g/mol. The van der Waals surface area contributed by atoms with Gasteiger partial charge in [-0.3, -0.25) is 4.79 Å². The van der Waals surface area contributed by atoms with Gasteiger partial charge in [0.1, 0.15) is 5.69 Å². The molecule has 134 valence electrons. The number of anilines is 1. The van der Waals surface area contributed by atoms with Crippen molar-refractivity contribution in [3.63, 3.8) is 0 Å². The fourth-order valence-electron chi connectivity index (χ4n) is 2.00. The van der Waals surface area contributed by atoms with Gasteiger partial charge >= 0.3 is 6.18 Å². The van der Waals surface area contributed by atoms with Crippen molar-refractivity contribution in [1.29, 1.82) is 0 Å². The number of ether oxygens (including phenoxy) is 1. The lowest BCUT2D eigenvalue weighted by Gasteiger charge is -2.11. The van der Waals surface area contributed by atoms with Gasteiger partial charge in [0.25, 0.3) is 5.91 Å². The van der Waals surface area contributed by atoms with Crippen LogP contribution in [-0.4, -0.2) is 33.6 Å². The second-order valence-corrected chi connectivity index (χ2v) is 5.30. The van der Waals surface area contributed by atoms with E-state index in [-0.39, 0.29) is 24.1 Å². The molecule has 25 heavy (non-hydrogen) atoms. The Morgan fingerprint density at radius 2 is 2.00 bits per heavy atom. The molecule has 0 radical (unpaired) electrons. The van der Waals surface area contributed by atoms with Crippen LogP contribution in [0.4, 0.5) is 19.1 Å². The highest BCUT2D eigenvalue weighted by molar-refractivity contribution is 5.92. The Morgan fingerprint density at radius 1 is 1.28 bits per heavy atom. The van der Waals surface area contributed by atoms with E-state index in [1.165, 1.54) is 12.3 Å². The van der Waals surface area contributed by atoms with Crippen LogP contribution in [0.3, 0.4) is 0 Å². The van der Waals surface area contributed by atoms with Gasteiger partial charge in [0.15, 0.2) is 6.61 Å². The summed E-state index contributed by atoms with van der Waals surface area (Å²) >= 11 is 0. The molecule has 0 spiro atoms.